The van der Waals surface area contributed by atoms with Gasteiger partial charge in [-0.05, 0) is 18.8 Å². The molecule has 0 saturated carbocycles. The summed E-state index contributed by atoms with van der Waals surface area (Å²) in [7, 11) is 0. The molecule has 1 aromatic rings. The third-order valence-electron chi connectivity index (χ3n) is 3.81. The average molecular weight is 296 g/mol. The Balaban J connectivity index is 2.31. The maximum Gasteiger partial charge on any atom is 0.274 e. The summed E-state index contributed by atoms with van der Waals surface area (Å²) in [5.41, 5.74) is 0.345. The second-order valence-electron chi connectivity index (χ2n) is 6.03. The van der Waals surface area contributed by atoms with Crippen LogP contribution < -0.4 is 0 Å². The summed E-state index contributed by atoms with van der Waals surface area (Å²) in [6, 6.07) is 0.288. The van der Waals surface area contributed by atoms with Crippen LogP contribution in [-0.2, 0) is 0 Å². The zero-order valence-electron chi connectivity index (χ0n) is 12.6. The summed E-state index contributed by atoms with van der Waals surface area (Å²) in [4.78, 5) is 23.2. The normalized spacial score (nSPS) is 19.1. The van der Waals surface area contributed by atoms with Crippen LogP contribution in [0.5, 0.6) is 0 Å². The zero-order valence-corrected chi connectivity index (χ0v) is 13.3. The molecule has 2 rings (SSSR count). The SMILES string of the molecule is CC(C)c1ncc(Cl)c(C(=O)N2CCCC2C(C)C)n1. The van der Waals surface area contributed by atoms with Crippen molar-refractivity contribution in [1.29, 1.82) is 0 Å². The predicted octanol–water partition coefficient (Wildman–Crippen LogP) is 3.51. The Labute approximate surface area is 125 Å². The van der Waals surface area contributed by atoms with Gasteiger partial charge in [0.15, 0.2) is 5.69 Å². The lowest BCUT2D eigenvalue weighted by molar-refractivity contribution is 0.0695. The maximum atomic E-state index is 12.7. The van der Waals surface area contributed by atoms with E-state index in [2.05, 4.69) is 23.8 Å². The Morgan fingerprint density at radius 3 is 2.70 bits per heavy atom. The molecule has 1 saturated heterocycles. The molecule has 1 amide bonds. The number of amides is 1. The molecule has 1 aliphatic heterocycles. The Morgan fingerprint density at radius 1 is 1.40 bits per heavy atom. The fourth-order valence-corrected chi connectivity index (χ4v) is 2.85. The number of hydrogen-bond donors (Lipinski definition) is 0. The Kier molecular flexibility index (Phi) is 4.63. The van der Waals surface area contributed by atoms with Gasteiger partial charge in [-0.25, -0.2) is 9.97 Å². The van der Waals surface area contributed by atoms with E-state index < -0.39 is 0 Å². The minimum Gasteiger partial charge on any atom is -0.334 e. The lowest BCUT2D eigenvalue weighted by Crippen LogP contribution is -2.39. The van der Waals surface area contributed by atoms with Crippen LogP contribution in [-0.4, -0.2) is 33.4 Å². The standard InChI is InChI=1S/C15H22ClN3O/c1-9(2)12-6-5-7-19(12)15(20)13-11(16)8-17-14(18-13)10(3)4/h8-10,12H,5-7H2,1-4H3. The van der Waals surface area contributed by atoms with Crippen LogP contribution in [0, 0.1) is 5.92 Å². The molecule has 4 nitrogen and oxygen atoms in total. The third kappa shape index (κ3) is 2.95. The van der Waals surface area contributed by atoms with Crippen LogP contribution in [0.15, 0.2) is 6.20 Å². The Hall–Kier alpha value is -1.16. The van der Waals surface area contributed by atoms with E-state index in [4.69, 9.17) is 11.6 Å². The van der Waals surface area contributed by atoms with Crippen LogP contribution in [0.3, 0.4) is 0 Å². The molecule has 1 aromatic heterocycles. The molecular weight excluding hydrogens is 274 g/mol. The van der Waals surface area contributed by atoms with Crippen molar-refractivity contribution in [3.05, 3.63) is 22.7 Å². The molecule has 1 fully saturated rings. The number of carbonyl (C=O) groups is 1. The first-order chi connectivity index (χ1) is 9.41. The van der Waals surface area contributed by atoms with Crippen molar-refractivity contribution in [1.82, 2.24) is 14.9 Å². The van der Waals surface area contributed by atoms with Gasteiger partial charge < -0.3 is 4.90 Å². The van der Waals surface area contributed by atoms with E-state index in [1.165, 1.54) is 6.20 Å². The van der Waals surface area contributed by atoms with Crippen molar-refractivity contribution in [3.8, 4) is 0 Å². The second-order valence-corrected chi connectivity index (χ2v) is 6.44. The highest BCUT2D eigenvalue weighted by Crippen LogP contribution is 2.27. The fourth-order valence-electron chi connectivity index (χ4n) is 2.68. The molecule has 0 aliphatic carbocycles. The van der Waals surface area contributed by atoms with Crippen molar-refractivity contribution in [2.75, 3.05) is 6.54 Å². The first-order valence-electron chi connectivity index (χ1n) is 7.25. The Bertz CT molecular complexity index is 502. The number of aromatic nitrogens is 2. The summed E-state index contributed by atoms with van der Waals surface area (Å²) >= 11 is 6.13. The van der Waals surface area contributed by atoms with Crippen LogP contribution >= 0.6 is 11.6 Å². The molecular formula is C15H22ClN3O. The highest BCUT2D eigenvalue weighted by Gasteiger charge is 2.33. The molecule has 1 unspecified atom stereocenters. The molecule has 0 N–H and O–H groups in total. The van der Waals surface area contributed by atoms with Gasteiger partial charge in [0.05, 0.1) is 11.2 Å². The van der Waals surface area contributed by atoms with Gasteiger partial charge in [-0.2, -0.15) is 0 Å². The fraction of sp³-hybridized carbons (Fsp3) is 0.667. The van der Waals surface area contributed by atoms with E-state index >= 15 is 0 Å². The first-order valence-corrected chi connectivity index (χ1v) is 7.63. The van der Waals surface area contributed by atoms with E-state index in [0.717, 1.165) is 19.4 Å². The molecule has 5 heteroatoms. The van der Waals surface area contributed by atoms with E-state index in [9.17, 15) is 4.79 Å². The van der Waals surface area contributed by atoms with Gasteiger partial charge in [0, 0.05) is 18.5 Å². The number of nitrogens with zero attached hydrogens (tertiary/aromatic N) is 3. The van der Waals surface area contributed by atoms with Gasteiger partial charge in [-0.1, -0.05) is 39.3 Å². The number of halogens is 1. The lowest BCUT2D eigenvalue weighted by atomic mass is 10.0. The van der Waals surface area contributed by atoms with E-state index in [0.29, 0.717) is 22.5 Å². The summed E-state index contributed by atoms with van der Waals surface area (Å²) in [6.45, 7) is 9.10. The smallest absolute Gasteiger partial charge is 0.274 e. The minimum atomic E-state index is -0.0597. The number of carbonyl (C=O) groups excluding carboxylic acids is 1. The van der Waals surface area contributed by atoms with Gasteiger partial charge in [-0.15, -0.1) is 0 Å². The maximum absolute atomic E-state index is 12.7. The summed E-state index contributed by atoms with van der Waals surface area (Å²) in [6.07, 6.45) is 3.65. The molecule has 1 aliphatic rings. The summed E-state index contributed by atoms with van der Waals surface area (Å²) in [5, 5.41) is 0.341. The number of hydrogen-bond acceptors (Lipinski definition) is 3. The van der Waals surface area contributed by atoms with Crippen molar-refractivity contribution in [3.63, 3.8) is 0 Å². The topological polar surface area (TPSA) is 46.1 Å². The highest BCUT2D eigenvalue weighted by molar-refractivity contribution is 6.33. The molecule has 0 bridgehead atoms. The number of rotatable bonds is 3. The predicted molar refractivity (Wildman–Crippen MR) is 80.0 cm³/mol. The van der Waals surface area contributed by atoms with E-state index in [1.54, 1.807) is 0 Å². The van der Waals surface area contributed by atoms with Gasteiger partial charge in [0.25, 0.3) is 5.91 Å². The molecule has 20 heavy (non-hydrogen) atoms. The lowest BCUT2D eigenvalue weighted by Gasteiger charge is -2.27. The van der Waals surface area contributed by atoms with Crippen LogP contribution in [0.4, 0.5) is 0 Å². The van der Waals surface area contributed by atoms with Crippen molar-refractivity contribution in [2.24, 2.45) is 5.92 Å². The Morgan fingerprint density at radius 2 is 2.10 bits per heavy atom. The number of likely N-dealkylation sites (tertiary alicyclic amines) is 1. The van der Waals surface area contributed by atoms with Gasteiger partial charge in [0.2, 0.25) is 0 Å². The van der Waals surface area contributed by atoms with Crippen molar-refractivity contribution >= 4 is 17.5 Å². The van der Waals surface area contributed by atoms with E-state index in [-0.39, 0.29) is 17.9 Å². The molecule has 0 aromatic carbocycles. The highest BCUT2D eigenvalue weighted by atomic mass is 35.5. The van der Waals surface area contributed by atoms with Crippen LogP contribution in [0.1, 0.15) is 62.8 Å². The first kappa shape index (κ1) is 15.2. The second kappa shape index (κ2) is 6.08. The zero-order chi connectivity index (χ0) is 14.9. The molecule has 110 valence electrons. The summed E-state index contributed by atoms with van der Waals surface area (Å²) < 4.78 is 0. The van der Waals surface area contributed by atoms with E-state index in [1.807, 2.05) is 18.7 Å². The molecule has 0 radical (unpaired) electrons. The average Bonchev–Trinajstić information content (AvgIpc) is 2.87. The quantitative estimate of drug-likeness (QED) is 0.857. The molecule has 1 atom stereocenters. The van der Waals surface area contributed by atoms with Crippen LogP contribution in [0.2, 0.25) is 5.02 Å². The molecule has 2 heterocycles. The summed E-state index contributed by atoms with van der Waals surface area (Å²) in [5.74, 6) is 1.23. The van der Waals surface area contributed by atoms with Crippen LogP contribution in [0.25, 0.3) is 0 Å². The van der Waals surface area contributed by atoms with Gasteiger partial charge >= 0.3 is 0 Å². The van der Waals surface area contributed by atoms with Gasteiger partial charge in [0.1, 0.15) is 5.82 Å². The van der Waals surface area contributed by atoms with Gasteiger partial charge in [-0.3, -0.25) is 4.79 Å². The van der Waals surface area contributed by atoms with Crippen molar-refractivity contribution in [2.45, 2.75) is 52.5 Å². The molecule has 0 spiro atoms. The minimum absolute atomic E-state index is 0.0597. The monoisotopic (exact) mass is 295 g/mol. The largest absolute Gasteiger partial charge is 0.334 e. The van der Waals surface area contributed by atoms with Crippen molar-refractivity contribution < 1.29 is 4.79 Å². The third-order valence-corrected chi connectivity index (χ3v) is 4.09.